The second kappa shape index (κ2) is 8.12. The van der Waals surface area contributed by atoms with Crippen molar-refractivity contribution in [3.05, 3.63) is 0 Å². The summed E-state index contributed by atoms with van der Waals surface area (Å²) in [6.45, 7) is 2.50. The van der Waals surface area contributed by atoms with Crippen molar-refractivity contribution in [3.63, 3.8) is 0 Å². The van der Waals surface area contributed by atoms with Crippen LogP contribution in [-0.4, -0.2) is 38.1 Å². The van der Waals surface area contributed by atoms with Gasteiger partial charge in [-0.15, -0.1) is 0 Å². The molecule has 1 aliphatic carbocycles. The third kappa shape index (κ3) is 6.91. The zero-order valence-corrected chi connectivity index (χ0v) is 10.6. The van der Waals surface area contributed by atoms with Crippen LogP contribution < -0.4 is 5.32 Å². The summed E-state index contributed by atoms with van der Waals surface area (Å²) in [6.07, 6.45) is 11.3. The lowest BCUT2D eigenvalue weighted by Gasteiger charge is -2.26. The Kier molecular flexibility index (Phi) is 7.03. The Morgan fingerprint density at radius 1 is 1.00 bits per heavy atom. The first-order valence-electron chi connectivity index (χ1n) is 6.67. The molecule has 0 aromatic rings. The van der Waals surface area contributed by atoms with Crippen molar-refractivity contribution in [2.75, 3.05) is 27.2 Å². The second-order valence-electron chi connectivity index (χ2n) is 5.15. The quantitative estimate of drug-likeness (QED) is 0.591. The summed E-state index contributed by atoms with van der Waals surface area (Å²) < 4.78 is 0. The van der Waals surface area contributed by atoms with Gasteiger partial charge in [0.15, 0.2) is 0 Å². The normalized spacial score (nSPS) is 17.0. The van der Waals surface area contributed by atoms with E-state index in [1.54, 1.807) is 0 Å². The maximum absolute atomic E-state index is 3.62. The number of rotatable bonds is 9. The highest BCUT2D eigenvalue weighted by Gasteiger charge is 2.15. The first-order valence-corrected chi connectivity index (χ1v) is 6.67. The monoisotopic (exact) mass is 212 g/mol. The van der Waals surface area contributed by atoms with Gasteiger partial charge in [-0.05, 0) is 52.9 Å². The van der Waals surface area contributed by atoms with E-state index in [0.717, 1.165) is 6.04 Å². The zero-order chi connectivity index (χ0) is 10.9. The minimum absolute atomic E-state index is 0.874. The van der Waals surface area contributed by atoms with Crippen LogP contribution in [-0.2, 0) is 0 Å². The van der Waals surface area contributed by atoms with Crippen molar-refractivity contribution in [2.24, 2.45) is 0 Å². The lowest BCUT2D eigenvalue weighted by Crippen LogP contribution is -2.35. The average molecular weight is 212 g/mol. The Bertz CT molecular complexity index is 141. The van der Waals surface area contributed by atoms with E-state index in [4.69, 9.17) is 0 Å². The van der Waals surface area contributed by atoms with Crippen molar-refractivity contribution in [1.82, 2.24) is 10.2 Å². The van der Waals surface area contributed by atoms with Crippen LogP contribution in [0.3, 0.4) is 0 Å². The molecule has 1 rings (SSSR count). The van der Waals surface area contributed by atoms with Crippen molar-refractivity contribution >= 4 is 0 Å². The topological polar surface area (TPSA) is 15.3 Å². The Hall–Kier alpha value is -0.0800. The van der Waals surface area contributed by atoms with Gasteiger partial charge >= 0.3 is 0 Å². The molecule has 0 radical (unpaired) electrons. The molecule has 0 bridgehead atoms. The lowest BCUT2D eigenvalue weighted by molar-refractivity contribution is 0.336. The van der Waals surface area contributed by atoms with E-state index in [1.807, 2.05) is 0 Å². The smallest absolute Gasteiger partial charge is 0.00670 e. The number of nitrogens with zero attached hydrogens (tertiary/aromatic N) is 1. The molecule has 0 aliphatic heterocycles. The molecule has 1 N–H and O–H groups in total. The van der Waals surface area contributed by atoms with Gasteiger partial charge in [0.05, 0.1) is 0 Å². The van der Waals surface area contributed by atoms with Crippen LogP contribution in [0.4, 0.5) is 0 Å². The van der Waals surface area contributed by atoms with Crippen molar-refractivity contribution < 1.29 is 0 Å². The fraction of sp³-hybridized carbons (Fsp3) is 1.00. The van der Waals surface area contributed by atoms with E-state index in [-0.39, 0.29) is 0 Å². The first-order chi connectivity index (χ1) is 7.29. The summed E-state index contributed by atoms with van der Waals surface area (Å²) in [5, 5.41) is 3.62. The first kappa shape index (κ1) is 13.0. The van der Waals surface area contributed by atoms with Crippen LogP contribution in [0, 0.1) is 0 Å². The predicted molar refractivity (Wildman–Crippen MR) is 67.3 cm³/mol. The molecule has 0 aromatic carbocycles. The molecular formula is C13H28N2. The number of hydrogen-bond donors (Lipinski definition) is 1. The molecule has 1 saturated carbocycles. The van der Waals surface area contributed by atoms with Crippen LogP contribution in [0.15, 0.2) is 0 Å². The Labute approximate surface area is 95.4 Å². The molecule has 1 fully saturated rings. The molecule has 1 aliphatic rings. The van der Waals surface area contributed by atoms with Gasteiger partial charge in [0.25, 0.3) is 0 Å². The van der Waals surface area contributed by atoms with E-state index in [0.29, 0.717) is 0 Å². The van der Waals surface area contributed by atoms with Crippen LogP contribution in [0.5, 0.6) is 0 Å². The molecule has 0 aromatic heterocycles. The highest BCUT2D eigenvalue weighted by Crippen LogP contribution is 2.17. The summed E-state index contributed by atoms with van der Waals surface area (Å²) in [7, 11) is 4.31. The fourth-order valence-corrected chi connectivity index (χ4v) is 2.00. The molecule has 0 amide bonds. The molecular weight excluding hydrogens is 184 g/mol. The fourth-order valence-electron chi connectivity index (χ4n) is 2.00. The van der Waals surface area contributed by atoms with Gasteiger partial charge in [0, 0.05) is 6.04 Å². The van der Waals surface area contributed by atoms with Crippen LogP contribution in [0.1, 0.15) is 51.4 Å². The maximum Gasteiger partial charge on any atom is 0.00670 e. The largest absolute Gasteiger partial charge is 0.314 e. The van der Waals surface area contributed by atoms with Gasteiger partial charge in [0.2, 0.25) is 0 Å². The number of hydrogen-bond acceptors (Lipinski definition) is 2. The zero-order valence-electron chi connectivity index (χ0n) is 10.6. The van der Waals surface area contributed by atoms with E-state index in [1.165, 1.54) is 64.5 Å². The molecule has 90 valence electrons. The molecule has 2 nitrogen and oxygen atoms in total. The summed E-state index contributed by atoms with van der Waals surface area (Å²) in [6, 6.07) is 0.874. The van der Waals surface area contributed by atoms with Crippen LogP contribution in [0.25, 0.3) is 0 Å². The summed E-state index contributed by atoms with van der Waals surface area (Å²) in [4.78, 5) is 2.28. The Morgan fingerprint density at radius 2 is 1.67 bits per heavy atom. The molecule has 0 heterocycles. The van der Waals surface area contributed by atoms with Crippen molar-refractivity contribution in [1.29, 1.82) is 0 Å². The molecule has 0 unspecified atom stereocenters. The summed E-state index contributed by atoms with van der Waals surface area (Å²) in [5.41, 5.74) is 0. The van der Waals surface area contributed by atoms with Gasteiger partial charge in [-0.25, -0.2) is 0 Å². The second-order valence-corrected chi connectivity index (χ2v) is 5.15. The molecule has 0 spiro atoms. The standard InChI is InChI=1S/C13H28N2/c1-15(2)12-7-5-3-4-6-11-14-13-9-8-10-13/h13-14H,3-12H2,1-2H3. The minimum Gasteiger partial charge on any atom is -0.314 e. The number of unbranched alkanes of at least 4 members (excludes halogenated alkanes) is 4. The van der Waals surface area contributed by atoms with E-state index >= 15 is 0 Å². The van der Waals surface area contributed by atoms with E-state index in [2.05, 4.69) is 24.3 Å². The van der Waals surface area contributed by atoms with Crippen LogP contribution in [0.2, 0.25) is 0 Å². The Balaban J connectivity index is 1.69. The van der Waals surface area contributed by atoms with Gasteiger partial charge in [0.1, 0.15) is 0 Å². The Morgan fingerprint density at radius 3 is 2.27 bits per heavy atom. The van der Waals surface area contributed by atoms with Gasteiger partial charge in [-0.2, -0.15) is 0 Å². The number of nitrogens with one attached hydrogen (secondary N) is 1. The highest BCUT2D eigenvalue weighted by atomic mass is 15.0. The van der Waals surface area contributed by atoms with E-state index < -0.39 is 0 Å². The van der Waals surface area contributed by atoms with Crippen LogP contribution >= 0.6 is 0 Å². The third-order valence-electron chi connectivity index (χ3n) is 3.32. The van der Waals surface area contributed by atoms with Gasteiger partial charge in [-0.1, -0.05) is 25.7 Å². The average Bonchev–Trinajstić information content (AvgIpc) is 2.12. The minimum atomic E-state index is 0.874. The van der Waals surface area contributed by atoms with Gasteiger partial charge < -0.3 is 10.2 Å². The summed E-state index contributed by atoms with van der Waals surface area (Å²) in [5.74, 6) is 0. The molecule has 2 heteroatoms. The summed E-state index contributed by atoms with van der Waals surface area (Å²) >= 11 is 0. The molecule has 0 saturated heterocycles. The molecule has 15 heavy (non-hydrogen) atoms. The van der Waals surface area contributed by atoms with E-state index in [9.17, 15) is 0 Å². The highest BCUT2D eigenvalue weighted by molar-refractivity contribution is 4.75. The van der Waals surface area contributed by atoms with Crippen molar-refractivity contribution in [3.8, 4) is 0 Å². The molecule has 0 atom stereocenters. The SMILES string of the molecule is CN(C)CCCCCCCNC1CCC1. The predicted octanol–water partition coefficient (Wildman–Crippen LogP) is 2.64. The van der Waals surface area contributed by atoms with Gasteiger partial charge in [-0.3, -0.25) is 0 Å². The maximum atomic E-state index is 3.62. The lowest BCUT2D eigenvalue weighted by atomic mass is 9.93. The van der Waals surface area contributed by atoms with Crippen molar-refractivity contribution in [2.45, 2.75) is 57.4 Å². The third-order valence-corrected chi connectivity index (χ3v) is 3.32.